The Morgan fingerprint density at radius 1 is 1.33 bits per heavy atom. The van der Waals surface area contributed by atoms with Crippen LogP contribution in [0.15, 0.2) is 18.2 Å². The number of rotatable bonds is 5. The van der Waals surface area contributed by atoms with Gasteiger partial charge in [-0.3, -0.25) is 0 Å². The molecule has 0 saturated carbocycles. The van der Waals surface area contributed by atoms with Gasteiger partial charge in [0.25, 0.3) is 0 Å². The highest BCUT2D eigenvalue weighted by Crippen LogP contribution is 2.19. The van der Waals surface area contributed by atoms with E-state index >= 15 is 0 Å². The summed E-state index contributed by atoms with van der Waals surface area (Å²) in [5.41, 5.74) is 2.03. The molecule has 2 heteroatoms. The van der Waals surface area contributed by atoms with Crippen molar-refractivity contribution in [3.05, 3.63) is 29.6 Å². The van der Waals surface area contributed by atoms with Gasteiger partial charge in [-0.2, -0.15) is 0 Å². The second kappa shape index (κ2) is 5.74. The number of hydrogen-bond acceptors (Lipinski definition) is 1. The van der Waals surface area contributed by atoms with Gasteiger partial charge in [-0.05, 0) is 37.5 Å². The van der Waals surface area contributed by atoms with Crippen molar-refractivity contribution in [1.82, 2.24) is 0 Å². The lowest BCUT2D eigenvalue weighted by atomic mass is 10.1. The summed E-state index contributed by atoms with van der Waals surface area (Å²) in [6, 6.07) is 5.35. The SMILES string of the molecule is CCCC(CC)Nc1cc(F)ccc1C. The van der Waals surface area contributed by atoms with E-state index < -0.39 is 0 Å². The van der Waals surface area contributed by atoms with E-state index in [9.17, 15) is 4.39 Å². The molecule has 0 heterocycles. The quantitative estimate of drug-likeness (QED) is 0.769. The molecular weight excluding hydrogens is 189 g/mol. The van der Waals surface area contributed by atoms with Crippen LogP contribution in [0.3, 0.4) is 0 Å². The van der Waals surface area contributed by atoms with Crippen LogP contribution in [0.4, 0.5) is 10.1 Å². The lowest BCUT2D eigenvalue weighted by Gasteiger charge is -2.19. The Morgan fingerprint density at radius 3 is 2.67 bits per heavy atom. The minimum absolute atomic E-state index is 0.172. The average Bonchev–Trinajstić information content (AvgIpc) is 2.22. The summed E-state index contributed by atoms with van der Waals surface area (Å²) in [6.45, 7) is 6.32. The molecule has 1 atom stereocenters. The molecule has 1 N–H and O–H groups in total. The Bertz CT molecular complexity index is 309. The van der Waals surface area contributed by atoms with Gasteiger partial charge in [0.15, 0.2) is 0 Å². The summed E-state index contributed by atoms with van der Waals surface area (Å²) < 4.78 is 13.0. The third kappa shape index (κ3) is 3.54. The van der Waals surface area contributed by atoms with Crippen molar-refractivity contribution in [3.63, 3.8) is 0 Å². The molecule has 84 valence electrons. The second-order valence-electron chi connectivity index (χ2n) is 4.00. The first-order chi connectivity index (χ1) is 7.17. The van der Waals surface area contributed by atoms with Crippen LogP contribution in [-0.4, -0.2) is 6.04 Å². The smallest absolute Gasteiger partial charge is 0.125 e. The molecule has 0 saturated heterocycles. The summed E-state index contributed by atoms with van der Waals surface area (Å²) in [7, 11) is 0. The minimum atomic E-state index is -0.172. The molecule has 0 spiro atoms. The lowest BCUT2D eigenvalue weighted by molar-refractivity contribution is 0.614. The van der Waals surface area contributed by atoms with Gasteiger partial charge in [-0.15, -0.1) is 0 Å². The maximum Gasteiger partial charge on any atom is 0.125 e. The van der Waals surface area contributed by atoms with E-state index in [1.165, 1.54) is 6.07 Å². The highest BCUT2D eigenvalue weighted by atomic mass is 19.1. The van der Waals surface area contributed by atoms with Crippen molar-refractivity contribution in [2.75, 3.05) is 5.32 Å². The molecule has 0 aromatic heterocycles. The summed E-state index contributed by atoms with van der Waals surface area (Å²) in [4.78, 5) is 0. The minimum Gasteiger partial charge on any atom is -0.382 e. The van der Waals surface area contributed by atoms with Gasteiger partial charge in [0.1, 0.15) is 5.82 Å². The van der Waals surface area contributed by atoms with Gasteiger partial charge < -0.3 is 5.32 Å². The third-order valence-corrected chi connectivity index (χ3v) is 2.69. The maximum absolute atomic E-state index is 13.0. The van der Waals surface area contributed by atoms with E-state index in [1.54, 1.807) is 6.07 Å². The molecule has 0 aliphatic carbocycles. The van der Waals surface area contributed by atoms with Crippen LogP contribution in [0, 0.1) is 12.7 Å². The monoisotopic (exact) mass is 209 g/mol. The largest absolute Gasteiger partial charge is 0.382 e. The van der Waals surface area contributed by atoms with E-state index in [4.69, 9.17) is 0 Å². The molecule has 15 heavy (non-hydrogen) atoms. The van der Waals surface area contributed by atoms with Crippen LogP contribution >= 0.6 is 0 Å². The highest BCUT2D eigenvalue weighted by Gasteiger charge is 2.07. The molecule has 0 radical (unpaired) electrons. The molecule has 0 fully saturated rings. The first-order valence-electron chi connectivity index (χ1n) is 5.70. The number of benzene rings is 1. The fourth-order valence-electron chi connectivity index (χ4n) is 1.70. The topological polar surface area (TPSA) is 12.0 Å². The first kappa shape index (κ1) is 12.0. The van der Waals surface area contributed by atoms with Crippen LogP contribution in [0.25, 0.3) is 0 Å². The fraction of sp³-hybridized carbons (Fsp3) is 0.538. The second-order valence-corrected chi connectivity index (χ2v) is 4.00. The van der Waals surface area contributed by atoms with Crippen molar-refractivity contribution in [1.29, 1.82) is 0 Å². The summed E-state index contributed by atoms with van der Waals surface area (Å²) in [5.74, 6) is -0.172. The number of anilines is 1. The van der Waals surface area contributed by atoms with Crippen molar-refractivity contribution in [2.45, 2.75) is 46.1 Å². The Hall–Kier alpha value is -1.05. The molecule has 0 aliphatic rings. The molecule has 1 aromatic rings. The Labute approximate surface area is 91.7 Å². The molecule has 1 unspecified atom stereocenters. The van der Waals surface area contributed by atoms with Crippen LogP contribution in [-0.2, 0) is 0 Å². The molecule has 0 amide bonds. The van der Waals surface area contributed by atoms with Crippen LogP contribution < -0.4 is 5.32 Å². The zero-order valence-electron chi connectivity index (χ0n) is 9.81. The molecule has 1 aromatic carbocycles. The number of hydrogen-bond donors (Lipinski definition) is 1. The predicted octanol–water partition coefficient (Wildman–Crippen LogP) is 4.12. The summed E-state index contributed by atoms with van der Waals surface area (Å²) in [6.07, 6.45) is 3.36. The van der Waals surface area contributed by atoms with Crippen molar-refractivity contribution < 1.29 is 4.39 Å². The third-order valence-electron chi connectivity index (χ3n) is 2.69. The molecular formula is C13H20FN. The highest BCUT2D eigenvalue weighted by molar-refractivity contribution is 5.51. The number of aryl methyl sites for hydroxylation is 1. The van der Waals surface area contributed by atoms with Gasteiger partial charge in [0, 0.05) is 11.7 Å². The van der Waals surface area contributed by atoms with Crippen LogP contribution in [0.2, 0.25) is 0 Å². The average molecular weight is 209 g/mol. The van der Waals surface area contributed by atoms with E-state index in [0.717, 1.165) is 30.5 Å². The standard InChI is InChI=1S/C13H20FN/c1-4-6-12(5-2)15-13-9-11(14)8-7-10(13)3/h7-9,12,15H,4-6H2,1-3H3. The van der Waals surface area contributed by atoms with Gasteiger partial charge in [-0.25, -0.2) is 4.39 Å². The molecule has 1 rings (SSSR count). The zero-order valence-corrected chi connectivity index (χ0v) is 9.81. The summed E-state index contributed by atoms with van der Waals surface area (Å²) in [5, 5.41) is 3.40. The Balaban J connectivity index is 2.73. The van der Waals surface area contributed by atoms with E-state index in [1.807, 2.05) is 13.0 Å². The number of nitrogens with one attached hydrogen (secondary N) is 1. The zero-order chi connectivity index (χ0) is 11.3. The fourth-order valence-corrected chi connectivity index (χ4v) is 1.70. The predicted molar refractivity (Wildman–Crippen MR) is 63.7 cm³/mol. The van der Waals surface area contributed by atoms with Crippen molar-refractivity contribution in [3.8, 4) is 0 Å². The number of halogens is 1. The Kier molecular flexibility index (Phi) is 4.60. The van der Waals surface area contributed by atoms with Crippen LogP contribution in [0.1, 0.15) is 38.7 Å². The van der Waals surface area contributed by atoms with Crippen molar-refractivity contribution in [2.24, 2.45) is 0 Å². The summed E-state index contributed by atoms with van der Waals surface area (Å²) >= 11 is 0. The molecule has 1 nitrogen and oxygen atoms in total. The van der Waals surface area contributed by atoms with Gasteiger partial charge in [0.2, 0.25) is 0 Å². The van der Waals surface area contributed by atoms with E-state index in [-0.39, 0.29) is 5.82 Å². The van der Waals surface area contributed by atoms with Gasteiger partial charge in [0.05, 0.1) is 0 Å². The van der Waals surface area contributed by atoms with Crippen LogP contribution in [0.5, 0.6) is 0 Å². The van der Waals surface area contributed by atoms with Gasteiger partial charge >= 0.3 is 0 Å². The van der Waals surface area contributed by atoms with Crippen molar-refractivity contribution >= 4 is 5.69 Å². The molecule has 0 bridgehead atoms. The van der Waals surface area contributed by atoms with E-state index in [0.29, 0.717) is 6.04 Å². The Morgan fingerprint density at radius 2 is 2.07 bits per heavy atom. The first-order valence-corrected chi connectivity index (χ1v) is 5.70. The van der Waals surface area contributed by atoms with E-state index in [2.05, 4.69) is 19.2 Å². The van der Waals surface area contributed by atoms with Gasteiger partial charge in [-0.1, -0.05) is 26.3 Å². The maximum atomic E-state index is 13.0. The normalized spacial score (nSPS) is 12.5. The molecule has 0 aliphatic heterocycles. The lowest BCUT2D eigenvalue weighted by Crippen LogP contribution is -2.18.